The molecule has 1 fully saturated rings. The third-order valence-electron chi connectivity index (χ3n) is 6.67. The molecule has 0 aromatic heterocycles. The highest BCUT2D eigenvalue weighted by molar-refractivity contribution is 7.99. The SMILES string of the molecule is Cc1c(O)ccc2c1OC(c1ccc(OCCN3CCCCC3)cc1)C(c1ccc(O)cc1)S2. The molecule has 0 radical (unpaired) electrons. The summed E-state index contributed by atoms with van der Waals surface area (Å²) in [6, 6.07) is 19.1. The summed E-state index contributed by atoms with van der Waals surface area (Å²) in [7, 11) is 0. The van der Waals surface area contributed by atoms with Crippen molar-refractivity contribution < 1.29 is 19.7 Å². The molecule has 0 aliphatic carbocycles. The van der Waals surface area contributed by atoms with Gasteiger partial charge in [-0.05, 0) is 80.4 Å². The maximum absolute atomic E-state index is 10.2. The fourth-order valence-electron chi connectivity index (χ4n) is 4.66. The fraction of sp³-hybridized carbons (Fsp3) is 0.357. The van der Waals surface area contributed by atoms with Crippen LogP contribution in [-0.4, -0.2) is 41.4 Å². The number of ether oxygens (including phenoxy) is 2. The van der Waals surface area contributed by atoms with Crippen LogP contribution in [0.1, 0.15) is 47.3 Å². The van der Waals surface area contributed by atoms with Crippen molar-refractivity contribution in [2.75, 3.05) is 26.2 Å². The number of benzene rings is 3. The van der Waals surface area contributed by atoms with Gasteiger partial charge in [-0.3, -0.25) is 4.90 Å². The van der Waals surface area contributed by atoms with E-state index in [1.54, 1.807) is 30.0 Å². The van der Waals surface area contributed by atoms with Gasteiger partial charge in [-0.2, -0.15) is 0 Å². The molecular formula is C28H31NO4S. The maximum atomic E-state index is 10.2. The topological polar surface area (TPSA) is 62.2 Å². The van der Waals surface area contributed by atoms with Crippen LogP contribution in [0.15, 0.2) is 65.6 Å². The van der Waals surface area contributed by atoms with Crippen molar-refractivity contribution in [3.8, 4) is 23.0 Å². The molecule has 3 aromatic rings. The standard InChI is InChI=1S/C28H31NO4S/c1-19-24(31)13-14-25-26(19)33-27(28(34-25)21-5-9-22(30)10-6-21)20-7-11-23(12-8-20)32-18-17-29-15-3-2-4-16-29/h5-14,27-28,30-31H,2-4,15-18H2,1H3. The number of likely N-dealkylation sites (tertiary alicyclic amines) is 1. The van der Waals surface area contributed by atoms with E-state index in [4.69, 9.17) is 9.47 Å². The van der Waals surface area contributed by atoms with Gasteiger partial charge in [-0.15, -0.1) is 11.8 Å². The lowest BCUT2D eigenvalue weighted by atomic mass is 9.99. The average Bonchev–Trinajstić information content (AvgIpc) is 2.87. The molecule has 6 heteroatoms. The van der Waals surface area contributed by atoms with Gasteiger partial charge in [-0.1, -0.05) is 30.7 Å². The van der Waals surface area contributed by atoms with E-state index < -0.39 is 0 Å². The minimum Gasteiger partial charge on any atom is -0.508 e. The zero-order chi connectivity index (χ0) is 23.5. The lowest BCUT2D eigenvalue weighted by Gasteiger charge is -2.34. The lowest BCUT2D eigenvalue weighted by Crippen LogP contribution is -2.33. The summed E-state index contributed by atoms with van der Waals surface area (Å²) in [5.41, 5.74) is 2.87. The van der Waals surface area contributed by atoms with E-state index in [1.165, 1.54) is 32.4 Å². The molecule has 34 heavy (non-hydrogen) atoms. The van der Waals surface area contributed by atoms with Crippen LogP contribution in [0.25, 0.3) is 0 Å². The third kappa shape index (κ3) is 4.98. The molecule has 0 spiro atoms. The first-order chi connectivity index (χ1) is 16.6. The van der Waals surface area contributed by atoms with E-state index in [2.05, 4.69) is 17.0 Å². The number of piperidine rings is 1. The van der Waals surface area contributed by atoms with Crippen molar-refractivity contribution in [3.05, 3.63) is 77.4 Å². The van der Waals surface area contributed by atoms with Crippen molar-refractivity contribution in [3.63, 3.8) is 0 Å². The number of nitrogens with zero attached hydrogens (tertiary/aromatic N) is 1. The minimum absolute atomic E-state index is 0.00270. The smallest absolute Gasteiger partial charge is 0.140 e. The summed E-state index contributed by atoms with van der Waals surface area (Å²) in [5, 5.41) is 20.0. The van der Waals surface area contributed by atoms with Crippen LogP contribution in [0.3, 0.4) is 0 Å². The second-order valence-electron chi connectivity index (χ2n) is 9.03. The van der Waals surface area contributed by atoms with Gasteiger partial charge >= 0.3 is 0 Å². The zero-order valence-corrected chi connectivity index (χ0v) is 20.3. The minimum atomic E-state index is -0.245. The monoisotopic (exact) mass is 477 g/mol. The highest BCUT2D eigenvalue weighted by atomic mass is 32.2. The molecule has 1 saturated heterocycles. The molecule has 5 rings (SSSR count). The second kappa shape index (κ2) is 10.2. The van der Waals surface area contributed by atoms with E-state index in [9.17, 15) is 10.2 Å². The Kier molecular flexibility index (Phi) is 6.88. The molecule has 5 nitrogen and oxygen atoms in total. The number of hydrogen-bond donors (Lipinski definition) is 2. The summed E-state index contributed by atoms with van der Waals surface area (Å²) in [6.07, 6.45) is 3.67. The van der Waals surface area contributed by atoms with Crippen molar-refractivity contribution in [2.24, 2.45) is 0 Å². The lowest BCUT2D eigenvalue weighted by molar-refractivity contribution is 0.182. The first kappa shape index (κ1) is 22.9. The molecule has 0 bridgehead atoms. The van der Waals surface area contributed by atoms with Gasteiger partial charge in [0.1, 0.15) is 35.7 Å². The maximum Gasteiger partial charge on any atom is 0.140 e. The Balaban J connectivity index is 1.35. The Labute approximate surface area is 205 Å². The summed E-state index contributed by atoms with van der Waals surface area (Å²) in [4.78, 5) is 3.48. The predicted molar refractivity (Wildman–Crippen MR) is 135 cm³/mol. The third-order valence-corrected chi connectivity index (χ3v) is 8.02. The molecular weight excluding hydrogens is 446 g/mol. The molecule has 2 atom stereocenters. The van der Waals surface area contributed by atoms with Crippen molar-refractivity contribution in [2.45, 2.75) is 42.4 Å². The molecule has 2 heterocycles. The number of fused-ring (bicyclic) bond motifs is 1. The summed E-state index contributed by atoms with van der Waals surface area (Å²) >= 11 is 1.72. The average molecular weight is 478 g/mol. The molecule has 178 valence electrons. The van der Waals surface area contributed by atoms with Crippen molar-refractivity contribution in [1.82, 2.24) is 4.90 Å². The van der Waals surface area contributed by atoms with Crippen LogP contribution in [0.2, 0.25) is 0 Å². The Bertz CT molecular complexity index is 1110. The van der Waals surface area contributed by atoms with Gasteiger partial charge in [0, 0.05) is 12.1 Å². The molecule has 2 N–H and O–H groups in total. The highest BCUT2D eigenvalue weighted by Gasteiger charge is 2.34. The first-order valence-electron chi connectivity index (χ1n) is 12.0. The van der Waals surface area contributed by atoms with Gasteiger partial charge in [0.2, 0.25) is 0 Å². The number of phenolic OH excluding ortho intramolecular Hbond substituents is 2. The van der Waals surface area contributed by atoms with Gasteiger partial charge in [0.05, 0.1) is 10.1 Å². The van der Waals surface area contributed by atoms with Crippen LogP contribution < -0.4 is 9.47 Å². The number of aromatic hydroxyl groups is 2. The summed E-state index contributed by atoms with van der Waals surface area (Å²) in [6.45, 7) is 5.89. The van der Waals surface area contributed by atoms with Crippen molar-refractivity contribution >= 4 is 11.8 Å². The van der Waals surface area contributed by atoms with E-state index in [1.807, 2.05) is 37.3 Å². The molecule has 2 unspecified atom stereocenters. The van der Waals surface area contributed by atoms with E-state index in [0.717, 1.165) is 39.6 Å². The Hall–Kier alpha value is -2.83. The van der Waals surface area contributed by atoms with Crippen LogP contribution in [0.5, 0.6) is 23.0 Å². The first-order valence-corrected chi connectivity index (χ1v) is 12.9. The van der Waals surface area contributed by atoms with Gasteiger partial charge in [0.25, 0.3) is 0 Å². The molecule has 0 amide bonds. The van der Waals surface area contributed by atoms with Crippen LogP contribution in [-0.2, 0) is 0 Å². The van der Waals surface area contributed by atoms with Gasteiger partial charge < -0.3 is 19.7 Å². The predicted octanol–water partition coefficient (Wildman–Crippen LogP) is 6.24. The quantitative estimate of drug-likeness (QED) is 0.438. The number of thioether (sulfide) groups is 1. The Morgan fingerprint density at radius 2 is 1.62 bits per heavy atom. The molecule has 2 aliphatic rings. The Morgan fingerprint density at radius 1 is 0.912 bits per heavy atom. The number of phenols is 2. The van der Waals surface area contributed by atoms with Crippen molar-refractivity contribution in [1.29, 1.82) is 0 Å². The summed E-state index contributed by atoms with van der Waals surface area (Å²) < 4.78 is 12.6. The van der Waals surface area contributed by atoms with Gasteiger partial charge in [0.15, 0.2) is 0 Å². The molecule has 2 aliphatic heterocycles. The fourth-order valence-corrected chi connectivity index (χ4v) is 6.02. The van der Waals surface area contributed by atoms with E-state index in [0.29, 0.717) is 6.61 Å². The number of hydrogen-bond acceptors (Lipinski definition) is 6. The largest absolute Gasteiger partial charge is 0.508 e. The molecule has 3 aromatic carbocycles. The normalized spacial score (nSPS) is 20.4. The zero-order valence-electron chi connectivity index (χ0n) is 19.4. The number of rotatable bonds is 6. The highest BCUT2D eigenvalue weighted by Crippen LogP contribution is 2.55. The van der Waals surface area contributed by atoms with Crippen LogP contribution >= 0.6 is 11.8 Å². The summed E-state index contributed by atoms with van der Waals surface area (Å²) in [5.74, 6) is 2.07. The van der Waals surface area contributed by atoms with Crippen LogP contribution in [0, 0.1) is 6.92 Å². The van der Waals surface area contributed by atoms with E-state index >= 15 is 0 Å². The molecule has 0 saturated carbocycles. The van der Waals surface area contributed by atoms with Crippen LogP contribution in [0.4, 0.5) is 0 Å². The second-order valence-corrected chi connectivity index (χ2v) is 10.2. The Morgan fingerprint density at radius 3 is 2.35 bits per heavy atom. The van der Waals surface area contributed by atoms with Gasteiger partial charge in [-0.25, -0.2) is 0 Å². The van der Waals surface area contributed by atoms with E-state index in [-0.39, 0.29) is 22.9 Å².